The summed E-state index contributed by atoms with van der Waals surface area (Å²) < 4.78 is 16.5. The number of hydrogen-bond acceptors (Lipinski definition) is 4. The standard InChI is InChI=1S/C15H16ClNO3/c1-17-14(11-5-8-20-15(11)16)10-3-4-12-13(9-10)19-7-2-6-18-12/h3-5,8-9,14,17H,2,6-7H2,1H3. The van der Waals surface area contributed by atoms with Crippen LogP contribution in [0.2, 0.25) is 5.22 Å². The molecule has 0 fully saturated rings. The van der Waals surface area contributed by atoms with Gasteiger partial charge in [-0.1, -0.05) is 6.07 Å². The average molecular weight is 294 g/mol. The van der Waals surface area contributed by atoms with Crippen LogP contribution in [0.25, 0.3) is 0 Å². The van der Waals surface area contributed by atoms with Crippen molar-refractivity contribution in [2.45, 2.75) is 12.5 Å². The first-order chi connectivity index (χ1) is 9.79. The first-order valence-electron chi connectivity index (χ1n) is 6.59. The molecule has 5 heteroatoms. The molecule has 1 atom stereocenters. The third kappa shape index (κ3) is 2.49. The number of furan rings is 1. The number of ether oxygens (including phenoxy) is 2. The zero-order valence-electron chi connectivity index (χ0n) is 11.2. The zero-order valence-corrected chi connectivity index (χ0v) is 11.9. The van der Waals surface area contributed by atoms with Crippen LogP contribution in [0.15, 0.2) is 34.9 Å². The molecule has 2 heterocycles. The molecule has 3 rings (SSSR count). The molecule has 0 bridgehead atoms. The maximum atomic E-state index is 6.07. The van der Waals surface area contributed by atoms with Gasteiger partial charge in [-0.15, -0.1) is 0 Å². The van der Waals surface area contributed by atoms with Crippen LogP contribution < -0.4 is 14.8 Å². The Hall–Kier alpha value is -1.65. The molecule has 0 saturated carbocycles. The predicted molar refractivity (Wildman–Crippen MR) is 76.7 cm³/mol. The van der Waals surface area contributed by atoms with Gasteiger partial charge in [0.05, 0.1) is 25.5 Å². The lowest BCUT2D eigenvalue weighted by molar-refractivity contribution is 0.297. The molecule has 1 aromatic heterocycles. The van der Waals surface area contributed by atoms with Crippen molar-refractivity contribution in [2.75, 3.05) is 20.3 Å². The fraction of sp³-hybridized carbons (Fsp3) is 0.333. The van der Waals surface area contributed by atoms with E-state index in [1.165, 1.54) is 0 Å². The van der Waals surface area contributed by atoms with Crippen LogP contribution in [0.3, 0.4) is 0 Å². The largest absolute Gasteiger partial charge is 0.490 e. The van der Waals surface area contributed by atoms with Crippen LogP contribution in [-0.2, 0) is 0 Å². The first-order valence-corrected chi connectivity index (χ1v) is 6.97. The molecule has 2 aromatic rings. The van der Waals surface area contributed by atoms with E-state index in [2.05, 4.69) is 5.32 Å². The van der Waals surface area contributed by atoms with Crippen molar-refractivity contribution in [1.29, 1.82) is 0 Å². The van der Waals surface area contributed by atoms with E-state index in [-0.39, 0.29) is 6.04 Å². The Labute approximate surface area is 122 Å². The molecule has 0 amide bonds. The Morgan fingerprint density at radius 3 is 2.65 bits per heavy atom. The van der Waals surface area contributed by atoms with E-state index in [0.717, 1.165) is 29.0 Å². The second kappa shape index (κ2) is 5.77. The molecule has 1 aliphatic rings. The van der Waals surface area contributed by atoms with Gasteiger partial charge in [-0.3, -0.25) is 0 Å². The Balaban J connectivity index is 1.96. The summed E-state index contributed by atoms with van der Waals surface area (Å²) in [5, 5.41) is 3.64. The smallest absolute Gasteiger partial charge is 0.198 e. The SMILES string of the molecule is CNC(c1ccc2c(c1)OCCCO2)c1ccoc1Cl. The Morgan fingerprint density at radius 1 is 1.15 bits per heavy atom. The van der Waals surface area contributed by atoms with E-state index in [1.54, 1.807) is 6.26 Å². The van der Waals surface area contributed by atoms with Crippen LogP contribution in [0.1, 0.15) is 23.6 Å². The minimum Gasteiger partial charge on any atom is -0.490 e. The molecule has 1 unspecified atom stereocenters. The van der Waals surface area contributed by atoms with Crippen LogP contribution >= 0.6 is 11.6 Å². The van der Waals surface area contributed by atoms with Gasteiger partial charge in [-0.25, -0.2) is 0 Å². The molecule has 0 spiro atoms. The molecular formula is C15H16ClNO3. The summed E-state index contributed by atoms with van der Waals surface area (Å²) in [6.07, 6.45) is 2.48. The first kappa shape index (κ1) is 13.3. The molecule has 0 aliphatic carbocycles. The molecule has 1 aliphatic heterocycles. The molecule has 1 aromatic carbocycles. The minimum atomic E-state index is -0.0431. The lowest BCUT2D eigenvalue weighted by atomic mass is 10.0. The fourth-order valence-corrected chi connectivity index (χ4v) is 2.60. The van der Waals surface area contributed by atoms with E-state index < -0.39 is 0 Å². The highest BCUT2D eigenvalue weighted by molar-refractivity contribution is 6.29. The van der Waals surface area contributed by atoms with Crippen molar-refractivity contribution < 1.29 is 13.9 Å². The molecule has 1 N–H and O–H groups in total. The van der Waals surface area contributed by atoms with E-state index in [0.29, 0.717) is 18.4 Å². The van der Waals surface area contributed by atoms with E-state index >= 15 is 0 Å². The summed E-state index contributed by atoms with van der Waals surface area (Å²) >= 11 is 6.07. The highest BCUT2D eigenvalue weighted by Gasteiger charge is 2.20. The minimum absolute atomic E-state index is 0.0431. The van der Waals surface area contributed by atoms with Crippen LogP contribution in [-0.4, -0.2) is 20.3 Å². The number of nitrogens with one attached hydrogen (secondary N) is 1. The van der Waals surface area contributed by atoms with Crippen molar-refractivity contribution in [2.24, 2.45) is 0 Å². The lowest BCUT2D eigenvalue weighted by Crippen LogP contribution is -2.17. The van der Waals surface area contributed by atoms with Gasteiger partial charge in [0, 0.05) is 12.0 Å². The van der Waals surface area contributed by atoms with Gasteiger partial charge in [-0.05, 0) is 42.4 Å². The molecule has 0 radical (unpaired) electrons. The summed E-state index contributed by atoms with van der Waals surface area (Å²) in [4.78, 5) is 0. The van der Waals surface area contributed by atoms with Gasteiger partial charge in [-0.2, -0.15) is 0 Å². The molecule has 4 nitrogen and oxygen atoms in total. The molecule has 20 heavy (non-hydrogen) atoms. The highest BCUT2D eigenvalue weighted by Crippen LogP contribution is 2.35. The zero-order chi connectivity index (χ0) is 13.9. The van der Waals surface area contributed by atoms with Crippen molar-refractivity contribution in [1.82, 2.24) is 5.32 Å². The van der Waals surface area contributed by atoms with E-state index in [9.17, 15) is 0 Å². The number of halogens is 1. The number of fused-ring (bicyclic) bond motifs is 1. The van der Waals surface area contributed by atoms with Crippen LogP contribution in [0, 0.1) is 0 Å². The molecule has 106 valence electrons. The molecular weight excluding hydrogens is 278 g/mol. The normalized spacial score (nSPS) is 15.7. The lowest BCUT2D eigenvalue weighted by Gasteiger charge is -2.17. The van der Waals surface area contributed by atoms with Gasteiger partial charge < -0.3 is 19.2 Å². The highest BCUT2D eigenvalue weighted by atomic mass is 35.5. The van der Waals surface area contributed by atoms with Gasteiger partial charge in [0.1, 0.15) is 0 Å². The van der Waals surface area contributed by atoms with Crippen molar-refractivity contribution in [3.8, 4) is 11.5 Å². The Bertz CT molecular complexity index is 597. The second-order valence-electron chi connectivity index (χ2n) is 4.63. The maximum absolute atomic E-state index is 6.07. The summed E-state index contributed by atoms with van der Waals surface area (Å²) in [7, 11) is 1.89. The van der Waals surface area contributed by atoms with Gasteiger partial charge in [0.2, 0.25) is 0 Å². The Kier molecular flexibility index (Phi) is 3.85. The monoisotopic (exact) mass is 293 g/mol. The Morgan fingerprint density at radius 2 is 1.95 bits per heavy atom. The third-order valence-corrected chi connectivity index (χ3v) is 3.66. The maximum Gasteiger partial charge on any atom is 0.198 e. The number of benzene rings is 1. The average Bonchev–Trinajstić information content (AvgIpc) is 2.75. The van der Waals surface area contributed by atoms with Crippen molar-refractivity contribution in [3.05, 3.63) is 46.9 Å². The summed E-state index contributed by atoms with van der Waals surface area (Å²) in [6, 6.07) is 7.77. The van der Waals surface area contributed by atoms with Gasteiger partial charge in [0.15, 0.2) is 16.7 Å². The summed E-state index contributed by atoms with van der Waals surface area (Å²) in [5.41, 5.74) is 1.96. The fourth-order valence-electron chi connectivity index (χ4n) is 2.37. The van der Waals surface area contributed by atoms with Crippen molar-refractivity contribution in [3.63, 3.8) is 0 Å². The van der Waals surface area contributed by atoms with E-state index in [1.807, 2.05) is 31.3 Å². The van der Waals surface area contributed by atoms with Gasteiger partial charge in [0.25, 0.3) is 0 Å². The van der Waals surface area contributed by atoms with Crippen molar-refractivity contribution >= 4 is 11.6 Å². The number of rotatable bonds is 3. The summed E-state index contributed by atoms with van der Waals surface area (Å²) in [5.74, 6) is 1.57. The molecule has 0 saturated heterocycles. The van der Waals surface area contributed by atoms with Gasteiger partial charge >= 0.3 is 0 Å². The second-order valence-corrected chi connectivity index (χ2v) is 4.97. The number of hydrogen-bond donors (Lipinski definition) is 1. The third-order valence-electron chi connectivity index (χ3n) is 3.35. The predicted octanol–water partition coefficient (Wildman–Crippen LogP) is 3.40. The topological polar surface area (TPSA) is 43.6 Å². The van der Waals surface area contributed by atoms with E-state index in [4.69, 9.17) is 25.5 Å². The van der Waals surface area contributed by atoms with Crippen LogP contribution in [0.5, 0.6) is 11.5 Å². The van der Waals surface area contributed by atoms with Crippen LogP contribution in [0.4, 0.5) is 0 Å². The quantitative estimate of drug-likeness (QED) is 0.942. The summed E-state index contributed by atoms with van der Waals surface area (Å²) in [6.45, 7) is 1.36.